The number of hydrogen-bond acceptors (Lipinski definition) is 5. The second-order valence-corrected chi connectivity index (χ2v) is 3.51. The van der Waals surface area contributed by atoms with Crippen molar-refractivity contribution in [2.24, 2.45) is 5.84 Å². The van der Waals surface area contributed by atoms with E-state index in [-0.39, 0.29) is 18.1 Å². The zero-order valence-corrected chi connectivity index (χ0v) is 9.32. The van der Waals surface area contributed by atoms with Crippen LogP contribution in [0.1, 0.15) is 11.4 Å². The van der Waals surface area contributed by atoms with E-state index in [4.69, 9.17) is 10.6 Å². The van der Waals surface area contributed by atoms with Crippen LogP contribution in [-0.2, 0) is 17.5 Å². The van der Waals surface area contributed by atoms with Crippen LogP contribution in [0.5, 0.6) is 0 Å². The van der Waals surface area contributed by atoms with Gasteiger partial charge in [0.15, 0.2) is 11.3 Å². The fraction of sp³-hybridized carbons (Fsp3) is 0.333. The van der Waals surface area contributed by atoms with Crippen LogP contribution in [0.25, 0.3) is 5.65 Å². The molecule has 0 radical (unpaired) electrons. The number of halogens is 3. The van der Waals surface area contributed by atoms with E-state index in [0.29, 0.717) is 5.69 Å². The number of nitrogens with zero attached hydrogens (tertiary/aromatic N) is 3. The molecule has 18 heavy (non-hydrogen) atoms. The van der Waals surface area contributed by atoms with Crippen LogP contribution in [0.15, 0.2) is 12.1 Å². The number of hydrogen-bond donors (Lipinski definition) is 2. The fourth-order valence-electron chi connectivity index (χ4n) is 1.49. The molecule has 0 saturated heterocycles. The Kier molecular flexibility index (Phi) is 3.09. The lowest BCUT2D eigenvalue weighted by molar-refractivity contribution is -0.141. The first-order valence-electron chi connectivity index (χ1n) is 4.88. The van der Waals surface area contributed by atoms with Gasteiger partial charge in [0.2, 0.25) is 0 Å². The van der Waals surface area contributed by atoms with E-state index >= 15 is 0 Å². The summed E-state index contributed by atoms with van der Waals surface area (Å²) < 4.78 is 43.8. The SMILES string of the molecule is COCc1cc2nc(C(F)(F)F)cc(NN)n2n1. The molecule has 6 nitrogen and oxygen atoms in total. The molecule has 0 aliphatic rings. The average molecular weight is 261 g/mol. The summed E-state index contributed by atoms with van der Waals surface area (Å²) in [6.07, 6.45) is -4.54. The number of ether oxygens (including phenoxy) is 1. The van der Waals surface area contributed by atoms with Crippen molar-refractivity contribution >= 4 is 11.5 Å². The molecule has 0 aromatic carbocycles. The van der Waals surface area contributed by atoms with Gasteiger partial charge in [-0.1, -0.05) is 0 Å². The van der Waals surface area contributed by atoms with Crippen molar-refractivity contribution < 1.29 is 17.9 Å². The number of nitrogen functional groups attached to an aromatic ring is 1. The summed E-state index contributed by atoms with van der Waals surface area (Å²) in [7, 11) is 1.46. The molecule has 0 aliphatic heterocycles. The first kappa shape index (κ1) is 12.6. The van der Waals surface area contributed by atoms with Crippen LogP contribution in [0.4, 0.5) is 19.0 Å². The maximum Gasteiger partial charge on any atom is 0.433 e. The molecule has 2 rings (SSSR count). The third-order valence-electron chi connectivity index (χ3n) is 2.21. The Morgan fingerprint density at radius 1 is 1.44 bits per heavy atom. The third kappa shape index (κ3) is 2.22. The summed E-state index contributed by atoms with van der Waals surface area (Å²) >= 11 is 0. The zero-order chi connectivity index (χ0) is 13.3. The molecular weight excluding hydrogens is 251 g/mol. The highest BCUT2D eigenvalue weighted by molar-refractivity contribution is 5.50. The molecule has 0 saturated carbocycles. The van der Waals surface area contributed by atoms with E-state index in [1.54, 1.807) is 0 Å². The number of anilines is 1. The Balaban J connectivity index is 2.60. The fourth-order valence-corrected chi connectivity index (χ4v) is 1.49. The van der Waals surface area contributed by atoms with Crippen LogP contribution in [0.3, 0.4) is 0 Å². The Bertz CT molecular complexity index is 565. The first-order valence-corrected chi connectivity index (χ1v) is 4.88. The smallest absolute Gasteiger partial charge is 0.378 e. The topological polar surface area (TPSA) is 77.5 Å². The summed E-state index contributed by atoms with van der Waals surface area (Å²) in [5.41, 5.74) is 1.63. The lowest BCUT2D eigenvalue weighted by Crippen LogP contribution is -2.16. The summed E-state index contributed by atoms with van der Waals surface area (Å²) in [4.78, 5) is 3.48. The van der Waals surface area contributed by atoms with E-state index in [9.17, 15) is 13.2 Å². The van der Waals surface area contributed by atoms with Crippen LogP contribution >= 0.6 is 0 Å². The standard InChI is InChI=1S/C9H10F3N5O/c1-18-4-5-2-7-14-6(9(10,11)12)3-8(15-13)17(7)16-5/h2-3,15H,4,13H2,1H3. The highest BCUT2D eigenvalue weighted by Crippen LogP contribution is 2.29. The number of nitrogens with one attached hydrogen (secondary N) is 1. The average Bonchev–Trinajstić information content (AvgIpc) is 2.69. The number of rotatable bonds is 3. The minimum Gasteiger partial charge on any atom is -0.378 e. The van der Waals surface area contributed by atoms with Gasteiger partial charge in [-0.2, -0.15) is 22.8 Å². The first-order chi connectivity index (χ1) is 8.45. The van der Waals surface area contributed by atoms with E-state index in [0.717, 1.165) is 6.07 Å². The van der Waals surface area contributed by atoms with Crippen molar-refractivity contribution in [3.05, 3.63) is 23.5 Å². The molecule has 0 aliphatic carbocycles. The summed E-state index contributed by atoms with van der Waals surface area (Å²) in [5.74, 6) is 5.17. The quantitative estimate of drug-likeness (QED) is 0.640. The molecular formula is C9H10F3N5O. The highest BCUT2D eigenvalue weighted by atomic mass is 19.4. The Morgan fingerprint density at radius 3 is 2.72 bits per heavy atom. The Morgan fingerprint density at radius 2 is 2.17 bits per heavy atom. The van der Waals surface area contributed by atoms with Crippen molar-refractivity contribution in [3.8, 4) is 0 Å². The molecule has 0 atom stereocenters. The lowest BCUT2D eigenvalue weighted by atomic mass is 10.3. The van der Waals surface area contributed by atoms with Crippen LogP contribution in [-0.4, -0.2) is 21.7 Å². The number of aromatic nitrogens is 3. The molecule has 2 aromatic heterocycles. The molecule has 2 heterocycles. The van der Waals surface area contributed by atoms with Crippen LogP contribution in [0.2, 0.25) is 0 Å². The molecule has 0 spiro atoms. The molecule has 0 fully saturated rings. The Labute approximate surface area is 99.5 Å². The highest BCUT2D eigenvalue weighted by Gasteiger charge is 2.33. The predicted molar refractivity (Wildman–Crippen MR) is 56.5 cm³/mol. The van der Waals surface area contributed by atoms with Gasteiger partial charge in [-0.3, -0.25) is 0 Å². The maximum absolute atomic E-state index is 12.6. The number of hydrazine groups is 1. The summed E-state index contributed by atoms with van der Waals surface area (Å²) in [6.45, 7) is 0.175. The van der Waals surface area contributed by atoms with Gasteiger partial charge in [0, 0.05) is 19.2 Å². The number of nitrogens with two attached hydrogens (primary N) is 1. The van der Waals surface area contributed by atoms with Gasteiger partial charge in [-0.05, 0) is 0 Å². The summed E-state index contributed by atoms with van der Waals surface area (Å²) in [6, 6.07) is 2.19. The van der Waals surface area contributed by atoms with Crippen molar-refractivity contribution in [1.82, 2.24) is 14.6 Å². The predicted octanol–water partition coefficient (Wildman–Crippen LogP) is 1.18. The van der Waals surface area contributed by atoms with Crippen molar-refractivity contribution in [1.29, 1.82) is 0 Å². The number of fused-ring (bicyclic) bond motifs is 1. The van der Waals surface area contributed by atoms with Crippen molar-refractivity contribution in [2.75, 3.05) is 12.5 Å². The zero-order valence-electron chi connectivity index (χ0n) is 9.32. The van der Waals surface area contributed by atoms with Gasteiger partial charge in [0.1, 0.15) is 5.82 Å². The van der Waals surface area contributed by atoms with Gasteiger partial charge < -0.3 is 10.2 Å². The number of methoxy groups -OCH3 is 1. The molecule has 98 valence electrons. The molecule has 2 aromatic rings. The normalized spacial score (nSPS) is 12.1. The largest absolute Gasteiger partial charge is 0.433 e. The van der Waals surface area contributed by atoms with Gasteiger partial charge in [0.05, 0.1) is 12.3 Å². The second-order valence-electron chi connectivity index (χ2n) is 3.51. The van der Waals surface area contributed by atoms with E-state index < -0.39 is 11.9 Å². The monoisotopic (exact) mass is 261 g/mol. The van der Waals surface area contributed by atoms with Crippen molar-refractivity contribution in [2.45, 2.75) is 12.8 Å². The lowest BCUT2D eigenvalue weighted by Gasteiger charge is -2.09. The molecule has 0 bridgehead atoms. The molecule has 0 amide bonds. The third-order valence-corrected chi connectivity index (χ3v) is 2.21. The van der Waals surface area contributed by atoms with Crippen LogP contribution < -0.4 is 11.3 Å². The van der Waals surface area contributed by atoms with Gasteiger partial charge in [-0.15, -0.1) is 0 Å². The maximum atomic E-state index is 12.6. The molecule has 9 heteroatoms. The van der Waals surface area contributed by atoms with Crippen LogP contribution in [0, 0.1) is 0 Å². The minimum atomic E-state index is -4.54. The van der Waals surface area contributed by atoms with E-state index in [1.807, 2.05) is 0 Å². The van der Waals surface area contributed by atoms with Crippen molar-refractivity contribution in [3.63, 3.8) is 0 Å². The second kappa shape index (κ2) is 4.42. The van der Waals surface area contributed by atoms with Gasteiger partial charge >= 0.3 is 6.18 Å². The molecule has 3 N–H and O–H groups in total. The molecule has 0 unspecified atom stereocenters. The summed E-state index contributed by atoms with van der Waals surface area (Å²) in [5, 5.41) is 4.02. The van der Waals surface area contributed by atoms with E-state index in [2.05, 4.69) is 15.5 Å². The number of alkyl halides is 3. The minimum absolute atomic E-state index is 0.00493. The Hall–Kier alpha value is -1.87. The van der Waals surface area contributed by atoms with Gasteiger partial charge in [-0.25, -0.2) is 10.8 Å². The van der Waals surface area contributed by atoms with Gasteiger partial charge in [0.25, 0.3) is 0 Å². The van der Waals surface area contributed by atoms with E-state index in [1.165, 1.54) is 17.7 Å².